The first-order chi connectivity index (χ1) is 12.2. The average Bonchev–Trinajstić information content (AvgIpc) is 3.01. The Morgan fingerprint density at radius 1 is 1.35 bits per heavy atom. The van der Waals surface area contributed by atoms with Crippen LogP contribution in [0.25, 0.3) is 0 Å². The summed E-state index contributed by atoms with van der Waals surface area (Å²) in [4.78, 5) is 26.3. The lowest BCUT2D eigenvalue weighted by Gasteiger charge is -2.48. The van der Waals surface area contributed by atoms with E-state index in [9.17, 15) is 14.7 Å². The van der Waals surface area contributed by atoms with Crippen LogP contribution in [0.3, 0.4) is 0 Å². The second kappa shape index (κ2) is 6.74. The van der Waals surface area contributed by atoms with Gasteiger partial charge in [-0.2, -0.15) is 0 Å². The highest BCUT2D eigenvalue weighted by atomic mass is 16.6. The first-order valence-electron chi connectivity index (χ1n) is 8.57. The molecule has 7 nitrogen and oxygen atoms in total. The van der Waals surface area contributed by atoms with E-state index in [-0.39, 0.29) is 23.1 Å². The van der Waals surface area contributed by atoms with Crippen LogP contribution in [0, 0.1) is 0 Å². The van der Waals surface area contributed by atoms with Crippen molar-refractivity contribution in [2.24, 2.45) is 0 Å². The van der Waals surface area contributed by atoms with Gasteiger partial charge in [0, 0.05) is 25.3 Å². The first kappa shape index (κ1) is 18.4. The fourth-order valence-electron chi connectivity index (χ4n) is 3.60. The highest BCUT2D eigenvalue weighted by Gasteiger charge is 2.48. The average molecular weight is 360 g/mol. The molecular formula is C19H24N2O5. The molecule has 0 aliphatic carbocycles. The van der Waals surface area contributed by atoms with Crippen molar-refractivity contribution in [1.29, 1.82) is 0 Å². The van der Waals surface area contributed by atoms with Crippen LogP contribution in [0.2, 0.25) is 0 Å². The van der Waals surface area contributed by atoms with E-state index in [0.29, 0.717) is 32.0 Å². The molecule has 1 aromatic carbocycles. The van der Waals surface area contributed by atoms with Crippen molar-refractivity contribution >= 4 is 17.5 Å². The van der Waals surface area contributed by atoms with Crippen molar-refractivity contribution in [3.05, 3.63) is 36.4 Å². The summed E-state index contributed by atoms with van der Waals surface area (Å²) in [6.07, 6.45) is 1.87. The highest BCUT2D eigenvalue weighted by Crippen LogP contribution is 2.36. The number of morpholine rings is 1. The van der Waals surface area contributed by atoms with E-state index < -0.39 is 11.2 Å². The monoisotopic (exact) mass is 360 g/mol. The molecule has 2 saturated heterocycles. The Bertz CT molecular complexity index is 737. The minimum Gasteiger partial charge on any atom is -0.507 e. The number of rotatable bonds is 3. The van der Waals surface area contributed by atoms with Gasteiger partial charge in [0.2, 0.25) is 5.91 Å². The van der Waals surface area contributed by atoms with Crippen molar-refractivity contribution < 1.29 is 24.2 Å². The van der Waals surface area contributed by atoms with Crippen LogP contribution in [-0.4, -0.2) is 59.3 Å². The molecule has 2 aliphatic heterocycles. The number of amides is 2. The molecule has 140 valence electrons. The normalized spacial score (nSPS) is 24.5. The smallest absolute Gasteiger partial charge is 0.257 e. The minimum absolute atomic E-state index is 0.132. The summed E-state index contributed by atoms with van der Waals surface area (Å²) in [7, 11) is 0. The Balaban J connectivity index is 1.87. The van der Waals surface area contributed by atoms with Gasteiger partial charge in [-0.3, -0.25) is 9.59 Å². The number of hydrogen-bond donors (Lipinski definition) is 2. The van der Waals surface area contributed by atoms with Crippen molar-refractivity contribution in [2.45, 2.75) is 31.5 Å². The summed E-state index contributed by atoms with van der Waals surface area (Å²) in [6, 6.07) is 4.40. The van der Waals surface area contributed by atoms with E-state index in [2.05, 4.69) is 11.9 Å². The van der Waals surface area contributed by atoms with Gasteiger partial charge in [0.15, 0.2) is 0 Å². The number of hydrogen-bond acceptors (Lipinski definition) is 5. The predicted octanol–water partition coefficient (Wildman–Crippen LogP) is 1.93. The van der Waals surface area contributed by atoms with Crippen LogP contribution in [0.4, 0.5) is 5.69 Å². The second-order valence-corrected chi connectivity index (χ2v) is 7.43. The number of phenolic OH excluding ortho intramolecular Hbond substituents is 1. The maximum absolute atomic E-state index is 13.1. The van der Waals surface area contributed by atoms with Gasteiger partial charge in [0.1, 0.15) is 11.4 Å². The van der Waals surface area contributed by atoms with Crippen molar-refractivity contribution in [3.63, 3.8) is 0 Å². The predicted molar refractivity (Wildman–Crippen MR) is 96.2 cm³/mol. The molecule has 7 heteroatoms. The summed E-state index contributed by atoms with van der Waals surface area (Å²) in [5, 5.41) is 12.8. The molecule has 1 spiro atoms. The van der Waals surface area contributed by atoms with Gasteiger partial charge in [0.05, 0.1) is 24.3 Å². The second-order valence-electron chi connectivity index (χ2n) is 7.43. The Hall–Kier alpha value is -2.38. The summed E-state index contributed by atoms with van der Waals surface area (Å²) < 4.78 is 11.7. The standard InChI is InChI=1S/C19H24N2O5/c1-4-16(23)20-13-5-6-15(22)14(9-13)17(24)21-10-18(2,3)26-19(11-21)7-8-25-12-19/h4-6,9,22H,1,7-8,10-12H2,2-3H3,(H,20,23). The number of ether oxygens (including phenoxy) is 2. The lowest BCUT2D eigenvalue weighted by atomic mass is 9.94. The number of aromatic hydroxyl groups is 1. The number of carbonyl (C=O) groups is 2. The molecule has 0 saturated carbocycles. The number of carbonyl (C=O) groups excluding carboxylic acids is 2. The van der Waals surface area contributed by atoms with Gasteiger partial charge in [0.25, 0.3) is 5.91 Å². The zero-order chi connectivity index (χ0) is 18.9. The van der Waals surface area contributed by atoms with Crippen molar-refractivity contribution in [1.82, 2.24) is 4.90 Å². The molecule has 2 N–H and O–H groups in total. The third-order valence-electron chi connectivity index (χ3n) is 4.58. The summed E-state index contributed by atoms with van der Waals surface area (Å²) >= 11 is 0. The molecule has 2 amide bonds. The molecule has 2 heterocycles. The lowest BCUT2D eigenvalue weighted by molar-refractivity contribution is -0.186. The van der Waals surface area contributed by atoms with Crippen LogP contribution in [-0.2, 0) is 14.3 Å². The third kappa shape index (κ3) is 3.73. The van der Waals surface area contributed by atoms with Crippen LogP contribution in [0.15, 0.2) is 30.9 Å². The number of nitrogens with zero attached hydrogens (tertiary/aromatic N) is 1. The Morgan fingerprint density at radius 3 is 2.77 bits per heavy atom. The van der Waals surface area contributed by atoms with Crippen LogP contribution >= 0.6 is 0 Å². The molecule has 1 unspecified atom stereocenters. The van der Waals surface area contributed by atoms with Gasteiger partial charge in [-0.05, 0) is 38.1 Å². The summed E-state index contributed by atoms with van der Waals surface area (Å²) in [6.45, 7) is 9.12. The van der Waals surface area contributed by atoms with E-state index in [1.807, 2.05) is 13.8 Å². The van der Waals surface area contributed by atoms with E-state index in [4.69, 9.17) is 9.47 Å². The number of benzene rings is 1. The SMILES string of the molecule is C=CC(=O)Nc1ccc(O)c(C(=O)N2CC(C)(C)OC3(CCOC3)C2)c1. The lowest BCUT2D eigenvalue weighted by Crippen LogP contribution is -2.61. The first-order valence-corrected chi connectivity index (χ1v) is 8.57. The third-order valence-corrected chi connectivity index (χ3v) is 4.58. The molecular weight excluding hydrogens is 336 g/mol. The van der Waals surface area contributed by atoms with E-state index in [1.165, 1.54) is 18.2 Å². The van der Waals surface area contributed by atoms with Gasteiger partial charge in [-0.25, -0.2) is 0 Å². The number of phenols is 1. The van der Waals surface area contributed by atoms with Crippen LogP contribution in [0.1, 0.15) is 30.6 Å². The zero-order valence-corrected chi connectivity index (χ0v) is 15.1. The van der Waals surface area contributed by atoms with E-state index in [1.54, 1.807) is 4.90 Å². The Morgan fingerprint density at radius 2 is 2.12 bits per heavy atom. The maximum Gasteiger partial charge on any atom is 0.257 e. The molecule has 0 bridgehead atoms. The molecule has 2 aliphatic rings. The van der Waals surface area contributed by atoms with Gasteiger partial charge in [-0.15, -0.1) is 0 Å². The van der Waals surface area contributed by atoms with Crippen molar-refractivity contribution in [3.8, 4) is 5.75 Å². The molecule has 1 aromatic rings. The van der Waals surface area contributed by atoms with Gasteiger partial charge < -0.3 is 24.8 Å². The molecule has 26 heavy (non-hydrogen) atoms. The maximum atomic E-state index is 13.1. The van der Waals surface area contributed by atoms with Gasteiger partial charge in [-0.1, -0.05) is 6.58 Å². The van der Waals surface area contributed by atoms with Crippen LogP contribution < -0.4 is 5.32 Å². The minimum atomic E-state index is -0.522. The topological polar surface area (TPSA) is 88.1 Å². The largest absolute Gasteiger partial charge is 0.507 e. The molecule has 2 fully saturated rings. The van der Waals surface area contributed by atoms with Gasteiger partial charge >= 0.3 is 0 Å². The van der Waals surface area contributed by atoms with E-state index >= 15 is 0 Å². The summed E-state index contributed by atoms with van der Waals surface area (Å²) in [5.74, 6) is -0.823. The zero-order valence-electron chi connectivity index (χ0n) is 15.1. The van der Waals surface area contributed by atoms with Crippen molar-refractivity contribution in [2.75, 3.05) is 31.6 Å². The molecule has 0 radical (unpaired) electrons. The Kier molecular flexibility index (Phi) is 4.77. The highest BCUT2D eigenvalue weighted by molar-refractivity contribution is 6.02. The number of anilines is 1. The summed E-state index contributed by atoms with van der Waals surface area (Å²) in [5.41, 5.74) is -0.478. The quantitative estimate of drug-likeness (QED) is 0.635. The fraction of sp³-hybridized carbons (Fsp3) is 0.474. The molecule has 0 aromatic heterocycles. The fourth-order valence-corrected chi connectivity index (χ4v) is 3.60. The Labute approximate surface area is 152 Å². The van der Waals surface area contributed by atoms with E-state index in [0.717, 1.165) is 12.5 Å². The molecule has 3 rings (SSSR count). The molecule has 1 atom stereocenters. The van der Waals surface area contributed by atoms with Crippen LogP contribution in [0.5, 0.6) is 5.75 Å². The number of nitrogens with one attached hydrogen (secondary N) is 1.